The van der Waals surface area contributed by atoms with Crippen LogP contribution in [-0.4, -0.2) is 168 Å². The second-order valence-corrected chi connectivity index (χ2v) is 24.6. The molecule has 1 unspecified atom stereocenters. The molecule has 1 amide bonds. The molecule has 4 fully saturated rings. The minimum atomic E-state index is -4.55. The highest BCUT2D eigenvalue weighted by molar-refractivity contribution is 6.29. The maximum atomic E-state index is 13.2. The fourth-order valence-corrected chi connectivity index (χ4v) is 13.4. The Kier molecular flexibility index (Phi) is 18.5. The number of anilines is 1. The fraction of sp³-hybridized carbons (Fsp3) is 0.313. The van der Waals surface area contributed by atoms with Gasteiger partial charge in [-0.2, -0.15) is 41.6 Å². The molecule has 0 saturated carbocycles. The van der Waals surface area contributed by atoms with E-state index >= 15 is 0 Å². The lowest BCUT2D eigenvalue weighted by Gasteiger charge is -2.44. The Morgan fingerprint density at radius 1 is 0.602 bits per heavy atom. The van der Waals surface area contributed by atoms with E-state index < -0.39 is 23.7 Å². The van der Waals surface area contributed by atoms with Crippen LogP contribution in [0.15, 0.2) is 172 Å². The third-order valence-electron chi connectivity index (χ3n) is 18.0. The highest BCUT2D eigenvalue weighted by Gasteiger charge is 2.40. The second-order valence-electron chi connectivity index (χ2n) is 24.2. The van der Waals surface area contributed by atoms with Crippen molar-refractivity contribution in [3.63, 3.8) is 0 Å². The van der Waals surface area contributed by atoms with Crippen molar-refractivity contribution in [2.75, 3.05) is 50.7 Å². The quantitative estimate of drug-likeness (QED) is 0.0851. The molecule has 6 aliphatic rings. The number of rotatable bonds is 10. The third-order valence-corrected chi connectivity index (χ3v) is 18.2. The number of H-pyrrole nitrogens is 2. The minimum absolute atomic E-state index is 0.185. The van der Waals surface area contributed by atoms with Crippen molar-refractivity contribution in [2.24, 2.45) is 0 Å². The number of hydrogen-bond acceptors (Lipinski definition) is 18. The van der Waals surface area contributed by atoms with E-state index in [0.717, 1.165) is 118 Å². The third kappa shape index (κ3) is 14.4. The number of carbonyl (C=O) groups excluding carboxylic acids is 1. The summed E-state index contributed by atoms with van der Waals surface area (Å²) in [5.41, 5.74) is 7.10. The van der Waals surface area contributed by atoms with Gasteiger partial charge in [0.25, 0.3) is 0 Å². The highest BCUT2D eigenvalue weighted by atomic mass is 35.5. The lowest BCUT2D eigenvalue weighted by molar-refractivity contribution is -0.142. The molecule has 504 valence electrons. The van der Waals surface area contributed by atoms with Gasteiger partial charge in [-0.05, 0) is 68.3 Å². The molecule has 31 heteroatoms. The number of alkyl halides is 6. The van der Waals surface area contributed by atoms with Crippen LogP contribution in [0.25, 0.3) is 45.7 Å². The number of aromatic nitrogens is 16. The maximum absolute atomic E-state index is 13.2. The average Bonchev–Trinajstić information content (AvgIpc) is 1.59. The molecule has 15 heterocycles. The lowest BCUT2D eigenvalue weighted by atomic mass is 10.0. The van der Waals surface area contributed by atoms with Crippen molar-refractivity contribution >= 4 is 46.2 Å². The molecule has 3 N–H and O–H groups in total. The molecule has 0 aliphatic carbocycles. The Labute approximate surface area is 561 Å². The number of aromatic amines is 2. The zero-order valence-corrected chi connectivity index (χ0v) is 53.3. The number of halogens is 7. The molecule has 11 aromatic rings. The van der Waals surface area contributed by atoms with Crippen molar-refractivity contribution in [1.29, 1.82) is 0 Å². The van der Waals surface area contributed by atoms with Gasteiger partial charge in [0, 0.05) is 130 Å². The van der Waals surface area contributed by atoms with Gasteiger partial charge < -0.3 is 24.8 Å². The first kappa shape index (κ1) is 64.6. The van der Waals surface area contributed by atoms with Gasteiger partial charge in [-0.25, -0.2) is 44.7 Å². The van der Waals surface area contributed by atoms with Gasteiger partial charge in [0.15, 0.2) is 34.3 Å². The molecule has 6 aliphatic heterocycles. The number of fused-ring (bicyclic) bond motifs is 5. The summed E-state index contributed by atoms with van der Waals surface area (Å²) in [6.45, 7) is 7.57. The highest BCUT2D eigenvalue weighted by Crippen LogP contribution is 2.38. The molecule has 9 aromatic heterocycles. The van der Waals surface area contributed by atoms with Gasteiger partial charge in [0.2, 0.25) is 0 Å². The Balaban J connectivity index is 0.000000117. The Bertz CT molecular complexity index is 4580. The molecule has 98 heavy (non-hydrogen) atoms. The van der Waals surface area contributed by atoms with Crippen LogP contribution in [-0.2, 0) is 30.2 Å². The van der Waals surface area contributed by atoms with Crippen molar-refractivity contribution < 1.29 is 35.9 Å². The van der Waals surface area contributed by atoms with E-state index in [0.29, 0.717) is 47.5 Å². The average molecular weight is 1360 g/mol. The molecule has 4 saturated heterocycles. The van der Waals surface area contributed by atoms with E-state index in [1.54, 1.807) is 11.1 Å². The fourth-order valence-electron chi connectivity index (χ4n) is 13.3. The van der Waals surface area contributed by atoms with E-state index in [1.165, 1.54) is 69.7 Å². The van der Waals surface area contributed by atoms with Crippen LogP contribution >= 0.6 is 11.6 Å². The van der Waals surface area contributed by atoms with Gasteiger partial charge >= 0.3 is 18.4 Å². The number of piperazine rings is 1. The van der Waals surface area contributed by atoms with Gasteiger partial charge in [-0.15, -0.1) is 0 Å². The van der Waals surface area contributed by atoms with Gasteiger partial charge in [-0.1, -0.05) is 72.3 Å². The first-order chi connectivity index (χ1) is 47.6. The summed E-state index contributed by atoms with van der Waals surface area (Å²) < 4.78 is 87.6. The van der Waals surface area contributed by atoms with Crippen LogP contribution in [0.5, 0.6) is 0 Å². The van der Waals surface area contributed by atoms with E-state index in [1.807, 2.05) is 96.5 Å². The summed E-state index contributed by atoms with van der Waals surface area (Å²) in [5.74, 6) is 1.23. The van der Waals surface area contributed by atoms with Gasteiger partial charge in [0.1, 0.15) is 29.0 Å². The van der Waals surface area contributed by atoms with Crippen molar-refractivity contribution in [3.8, 4) is 23.0 Å². The van der Waals surface area contributed by atoms with E-state index in [-0.39, 0.29) is 35.4 Å². The van der Waals surface area contributed by atoms with Gasteiger partial charge in [0.05, 0.1) is 67.4 Å². The zero-order valence-electron chi connectivity index (χ0n) is 52.5. The number of carbonyl (C=O) groups is 1. The first-order valence-corrected chi connectivity index (χ1v) is 32.4. The van der Waals surface area contributed by atoms with Crippen LogP contribution in [0.4, 0.5) is 37.0 Å². The SMILES string of the molecule is C1=C(c2cn[nH]c2)N2CCC[C@H]2CN1.FC(F)(F)c1cn2c(-c3nccc(Cl)n3)cnc2cn1.FC(F)(F)c1cn2c(-c3nccc(N4CC(c5cn[nH]c5)N5CCC[C@H]5C4)n3)cnc2cn1.O=C(OCc1ccccc1)N1C=C(c2cnn(Cc3ccccc3)c2)N2CCC[C@H]2C1. The van der Waals surface area contributed by atoms with Crippen LogP contribution in [0.2, 0.25) is 5.15 Å². The topological polar surface area (TPSA) is 242 Å². The lowest BCUT2D eigenvalue weighted by Crippen LogP contribution is -2.52. The van der Waals surface area contributed by atoms with Crippen molar-refractivity contribution in [3.05, 3.63) is 216 Å². The number of ether oxygens (including phenoxy) is 1. The maximum Gasteiger partial charge on any atom is 0.434 e. The summed E-state index contributed by atoms with van der Waals surface area (Å²) in [7, 11) is 0. The molecule has 2 aromatic carbocycles. The molecular formula is C67H65ClF6N22O2. The summed E-state index contributed by atoms with van der Waals surface area (Å²) in [6.07, 6.45) is 23.1. The monoisotopic (exact) mass is 1360 g/mol. The smallest absolute Gasteiger partial charge is 0.434 e. The zero-order chi connectivity index (χ0) is 67.3. The molecular weight excluding hydrogens is 1290 g/mol. The van der Waals surface area contributed by atoms with E-state index in [2.05, 4.69) is 110 Å². The number of hydrogen-bond donors (Lipinski definition) is 3. The molecule has 0 spiro atoms. The van der Waals surface area contributed by atoms with Crippen LogP contribution in [0, 0.1) is 0 Å². The Morgan fingerprint density at radius 2 is 1.23 bits per heavy atom. The number of imidazole rings is 2. The first-order valence-electron chi connectivity index (χ1n) is 32.0. The molecule has 24 nitrogen and oxygen atoms in total. The standard InChI is InChI=1S/C25H26N4O2.C21H20F3N9.C11H5ClF3N5.C10H14N4/c30-25(31-19-21-10-5-2-6-11-21)27-17-23-12-7-13-29(23)24(18-27)22-14-26-28(16-22)15-20-8-3-1-4-9-20;22-21(23,24)17-12-33-15(8-27-19(33)9-26-17)20-25-4-3-18(30-20)31-10-14-2-1-5-32(14)16(11-31)13-6-28-29-7-13;12-8-1-2-16-10(19-8)6-3-18-9-4-17-7(5-20(6)9)11(13,14)15;1-2-9-6-11-7-10(14(9)3-1)8-4-12-13-5-8/h1-6,8-11,14,16,18,23H,7,12-13,15,17,19H2;3-4,6-9,12,14,16H,1-2,5,10-11H2,(H,28,29);1-5H;4-5,7,9,11H,1-3,6H2,(H,12,13)/t23-;14-,16?;;9-/m00.0/s1. The van der Waals surface area contributed by atoms with E-state index in [9.17, 15) is 31.1 Å². The number of benzene rings is 2. The predicted octanol–water partition coefficient (Wildman–Crippen LogP) is 10.9. The normalized spacial score (nSPS) is 19.1. The number of nitrogens with zero attached hydrogens (tertiary/aromatic N) is 19. The molecule has 4 atom stereocenters. The van der Waals surface area contributed by atoms with E-state index in [4.69, 9.17) is 21.3 Å². The summed E-state index contributed by atoms with van der Waals surface area (Å²) >= 11 is 5.74. The summed E-state index contributed by atoms with van der Waals surface area (Å²) in [5, 5.41) is 22.0. The van der Waals surface area contributed by atoms with Crippen molar-refractivity contribution in [2.45, 2.75) is 88.2 Å². The van der Waals surface area contributed by atoms with Crippen LogP contribution in [0.3, 0.4) is 0 Å². The minimum Gasteiger partial charge on any atom is -0.444 e. The van der Waals surface area contributed by atoms with Crippen LogP contribution in [0.1, 0.15) is 83.8 Å². The Hall–Kier alpha value is -10.8. The largest absolute Gasteiger partial charge is 0.444 e. The van der Waals surface area contributed by atoms with Gasteiger partial charge in [-0.3, -0.25) is 33.5 Å². The number of nitrogens with one attached hydrogen (secondary N) is 3. The second kappa shape index (κ2) is 28.1. The molecule has 0 bridgehead atoms. The summed E-state index contributed by atoms with van der Waals surface area (Å²) in [4.78, 5) is 56.1. The molecule has 0 radical (unpaired) electrons. The van der Waals surface area contributed by atoms with Crippen LogP contribution < -0.4 is 10.2 Å². The Morgan fingerprint density at radius 3 is 1.90 bits per heavy atom. The van der Waals surface area contributed by atoms with Crippen molar-refractivity contribution in [1.82, 2.24) is 104 Å². The molecule has 17 rings (SSSR count). The summed E-state index contributed by atoms with van der Waals surface area (Å²) in [6, 6.07) is 25.0. The number of amides is 1. The predicted molar refractivity (Wildman–Crippen MR) is 349 cm³/mol.